The lowest BCUT2D eigenvalue weighted by Crippen LogP contribution is -2.47. The van der Waals surface area contributed by atoms with Crippen LogP contribution in [-0.2, 0) is 4.79 Å². The van der Waals surface area contributed by atoms with E-state index in [2.05, 4.69) is 4.90 Å². The van der Waals surface area contributed by atoms with Crippen LogP contribution < -0.4 is 10.6 Å². The first kappa shape index (κ1) is 13.5. The number of rotatable bonds is 6. The first-order valence-corrected chi connectivity index (χ1v) is 5.79. The van der Waals surface area contributed by atoms with E-state index in [1.54, 1.807) is 6.92 Å². The minimum atomic E-state index is -1.16. The van der Waals surface area contributed by atoms with Crippen LogP contribution in [-0.4, -0.2) is 29.7 Å². The molecule has 17 heavy (non-hydrogen) atoms. The molecule has 4 nitrogen and oxygen atoms in total. The summed E-state index contributed by atoms with van der Waals surface area (Å²) in [7, 11) is 0. The Morgan fingerprint density at radius 3 is 2.47 bits per heavy atom. The van der Waals surface area contributed by atoms with Gasteiger partial charge in [0.15, 0.2) is 0 Å². The Morgan fingerprint density at radius 1 is 1.41 bits per heavy atom. The Morgan fingerprint density at radius 2 is 2.00 bits per heavy atom. The summed E-state index contributed by atoms with van der Waals surface area (Å²) in [6, 6.07) is 9.92. The smallest absolute Gasteiger partial charge is 0.323 e. The lowest BCUT2D eigenvalue weighted by Gasteiger charge is -2.27. The van der Waals surface area contributed by atoms with E-state index in [4.69, 9.17) is 10.8 Å². The molecule has 0 saturated carbocycles. The van der Waals surface area contributed by atoms with Gasteiger partial charge in [0.1, 0.15) is 5.54 Å². The minimum absolute atomic E-state index is 0.422. The van der Waals surface area contributed by atoms with Crippen LogP contribution in [0, 0.1) is 0 Å². The molecule has 4 heteroatoms. The molecule has 0 amide bonds. The molecule has 0 aliphatic heterocycles. The van der Waals surface area contributed by atoms with Crippen molar-refractivity contribution in [2.75, 3.05) is 18.0 Å². The highest BCUT2D eigenvalue weighted by Crippen LogP contribution is 2.15. The molecule has 0 saturated heterocycles. The van der Waals surface area contributed by atoms with Crippen LogP contribution in [0.3, 0.4) is 0 Å². The van der Waals surface area contributed by atoms with E-state index in [1.165, 1.54) is 0 Å². The van der Waals surface area contributed by atoms with E-state index in [9.17, 15) is 4.79 Å². The maximum absolute atomic E-state index is 10.9. The van der Waals surface area contributed by atoms with Gasteiger partial charge < -0.3 is 15.7 Å². The largest absolute Gasteiger partial charge is 0.480 e. The number of carboxylic acid groups (broad SMARTS) is 1. The van der Waals surface area contributed by atoms with Gasteiger partial charge in [-0.25, -0.2) is 0 Å². The quantitative estimate of drug-likeness (QED) is 0.789. The molecule has 1 aromatic carbocycles. The van der Waals surface area contributed by atoms with Crippen LogP contribution >= 0.6 is 0 Å². The zero-order chi connectivity index (χ0) is 12.9. The summed E-state index contributed by atoms with van der Waals surface area (Å²) in [5.41, 5.74) is 5.64. The normalized spacial score (nSPS) is 14.1. The van der Waals surface area contributed by atoms with Gasteiger partial charge in [-0.2, -0.15) is 0 Å². The lowest BCUT2D eigenvalue weighted by atomic mass is 9.99. The van der Waals surface area contributed by atoms with Crippen molar-refractivity contribution in [3.05, 3.63) is 30.3 Å². The molecule has 1 unspecified atom stereocenters. The predicted molar refractivity (Wildman–Crippen MR) is 69.2 cm³/mol. The fraction of sp³-hybridized carbons (Fsp3) is 0.462. The van der Waals surface area contributed by atoms with Crippen molar-refractivity contribution in [3.8, 4) is 0 Å². The first-order chi connectivity index (χ1) is 7.97. The molecule has 1 atom stereocenters. The molecule has 0 aliphatic rings. The van der Waals surface area contributed by atoms with Crippen molar-refractivity contribution in [2.24, 2.45) is 5.73 Å². The average molecular weight is 236 g/mol. The van der Waals surface area contributed by atoms with E-state index in [0.29, 0.717) is 13.0 Å². The summed E-state index contributed by atoms with van der Waals surface area (Å²) < 4.78 is 0. The molecular weight excluding hydrogens is 216 g/mol. The summed E-state index contributed by atoms with van der Waals surface area (Å²) >= 11 is 0. The van der Waals surface area contributed by atoms with Crippen LogP contribution in [0.5, 0.6) is 0 Å². The third kappa shape index (κ3) is 3.75. The Hall–Kier alpha value is -1.55. The zero-order valence-corrected chi connectivity index (χ0v) is 10.4. The van der Waals surface area contributed by atoms with Crippen molar-refractivity contribution in [1.82, 2.24) is 0 Å². The molecular formula is C13H20N2O2. The van der Waals surface area contributed by atoms with Gasteiger partial charge >= 0.3 is 5.97 Å². The van der Waals surface area contributed by atoms with Crippen molar-refractivity contribution in [1.29, 1.82) is 0 Å². The Labute approximate surface area is 102 Å². The summed E-state index contributed by atoms with van der Waals surface area (Å²) in [4.78, 5) is 13.0. The molecule has 0 bridgehead atoms. The average Bonchev–Trinajstić information content (AvgIpc) is 2.31. The van der Waals surface area contributed by atoms with Crippen LogP contribution in [0.4, 0.5) is 5.69 Å². The highest BCUT2D eigenvalue weighted by atomic mass is 16.4. The molecule has 1 rings (SSSR count). The van der Waals surface area contributed by atoms with Gasteiger partial charge in [0.2, 0.25) is 0 Å². The van der Waals surface area contributed by atoms with Crippen molar-refractivity contribution < 1.29 is 9.90 Å². The second-order valence-electron chi connectivity index (χ2n) is 4.39. The molecule has 3 N–H and O–H groups in total. The second kappa shape index (κ2) is 5.68. The lowest BCUT2D eigenvalue weighted by molar-refractivity contribution is -0.142. The van der Waals surface area contributed by atoms with Crippen molar-refractivity contribution in [3.63, 3.8) is 0 Å². The zero-order valence-electron chi connectivity index (χ0n) is 10.4. The van der Waals surface area contributed by atoms with Crippen molar-refractivity contribution in [2.45, 2.75) is 25.8 Å². The monoisotopic (exact) mass is 236 g/mol. The Bertz CT molecular complexity index is 363. The number of hydrogen-bond donors (Lipinski definition) is 2. The fourth-order valence-electron chi connectivity index (χ4n) is 1.58. The topological polar surface area (TPSA) is 66.6 Å². The number of hydrogen-bond acceptors (Lipinski definition) is 3. The molecule has 0 radical (unpaired) electrons. The van der Waals surface area contributed by atoms with Gasteiger partial charge in [-0.3, -0.25) is 4.79 Å². The van der Waals surface area contributed by atoms with E-state index in [1.807, 2.05) is 37.3 Å². The highest BCUT2D eigenvalue weighted by molar-refractivity contribution is 5.77. The molecule has 0 heterocycles. The van der Waals surface area contributed by atoms with Crippen LogP contribution in [0.2, 0.25) is 0 Å². The number of nitrogens with two attached hydrogens (primary N) is 1. The van der Waals surface area contributed by atoms with E-state index in [-0.39, 0.29) is 0 Å². The van der Waals surface area contributed by atoms with Crippen LogP contribution in [0.25, 0.3) is 0 Å². The summed E-state index contributed by atoms with van der Waals surface area (Å²) in [6.07, 6.45) is 0.422. The maximum atomic E-state index is 10.9. The minimum Gasteiger partial charge on any atom is -0.480 e. The summed E-state index contributed by atoms with van der Waals surface area (Å²) in [5, 5.41) is 8.95. The fourth-order valence-corrected chi connectivity index (χ4v) is 1.58. The standard InChI is InChI=1S/C13H20N2O2/c1-3-15(11-7-5-4-6-8-11)10-9-13(2,14)12(16)17/h4-8H,3,9-10,14H2,1-2H3,(H,16,17). The van der Waals surface area contributed by atoms with E-state index < -0.39 is 11.5 Å². The number of carbonyl (C=O) groups is 1. The van der Waals surface area contributed by atoms with Gasteiger partial charge in [0.25, 0.3) is 0 Å². The Kier molecular flexibility index (Phi) is 4.52. The number of benzene rings is 1. The van der Waals surface area contributed by atoms with Gasteiger partial charge in [0.05, 0.1) is 0 Å². The van der Waals surface area contributed by atoms with Crippen LogP contribution in [0.1, 0.15) is 20.3 Å². The SMILES string of the molecule is CCN(CCC(C)(N)C(=O)O)c1ccccc1. The van der Waals surface area contributed by atoms with Gasteiger partial charge in [-0.1, -0.05) is 18.2 Å². The van der Waals surface area contributed by atoms with Crippen molar-refractivity contribution >= 4 is 11.7 Å². The third-order valence-electron chi connectivity index (χ3n) is 2.89. The molecule has 0 fully saturated rings. The van der Waals surface area contributed by atoms with Gasteiger partial charge in [-0.15, -0.1) is 0 Å². The second-order valence-corrected chi connectivity index (χ2v) is 4.39. The van der Waals surface area contributed by atoms with Gasteiger partial charge in [0, 0.05) is 18.8 Å². The molecule has 1 aromatic rings. The number of anilines is 1. The molecule has 94 valence electrons. The molecule has 0 spiro atoms. The molecule has 0 aromatic heterocycles. The van der Waals surface area contributed by atoms with Gasteiger partial charge in [-0.05, 0) is 32.4 Å². The third-order valence-corrected chi connectivity index (χ3v) is 2.89. The summed E-state index contributed by atoms with van der Waals surface area (Å²) in [5.74, 6) is -0.957. The predicted octanol–water partition coefficient (Wildman–Crippen LogP) is 1.70. The van der Waals surface area contributed by atoms with Crippen LogP contribution in [0.15, 0.2) is 30.3 Å². The first-order valence-electron chi connectivity index (χ1n) is 5.79. The van der Waals surface area contributed by atoms with E-state index >= 15 is 0 Å². The number of aliphatic carboxylic acids is 1. The molecule has 0 aliphatic carbocycles. The maximum Gasteiger partial charge on any atom is 0.323 e. The highest BCUT2D eigenvalue weighted by Gasteiger charge is 2.27. The Balaban J connectivity index is 2.63. The number of carboxylic acids is 1. The summed E-state index contributed by atoms with van der Waals surface area (Å²) in [6.45, 7) is 5.06. The number of para-hydroxylation sites is 1. The van der Waals surface area contributed by atoms with E-state index in [0.717, 1.165) is 12.2 Å². The number of nitrogens with zero attached hydrogens (tertiary/aromatic N) is 1.